The van der Waals surface area contributed by atoms with Crippen LogP contribution in [0, 0.1) is 18.8 Å². The van der Waals surface area contributed by atoms with Gasteiger partial charge in [0, 0.05) is 19.3 Å². The summed E-state index contributed by atoms with van der Waals surface area (Å²) < 4.78 is 19.8. The molecule has 0 amide bonds. The number of hydrogen-bond donors (Lipinski definition) is 1. The number of carbonyl (C=O) groups excluding carboxylic acids is 1. The van der Waals surface area contributed by atoms with Gasteiger partial charge in [0.1, 0.15) is 11.9 Å². The molecular formula is C34H46O5. The summed E-state index contributed by atoms with van der Waals surface area (Å²) in [6.07, 6.45) is 14.8. The molecule has 0 radical (unpaired) electrons. The summed E-state index contributed by atoms with van der Waals surface area (Å²) in [5.41, 5.74) is 5.24. The Morgan fingerprint density at radius 2 is 1.87 bits per heavy atom. The fraction of sp³-hybridized carbons (Fsp3) is 0.559. The molecule has 3 aliphatic rings. The summed E-state index contributed by atoms with van der Waals surface area (Å²) in [6, 6.07) is 3.41. The molecule has 1 N–H and O–H groups in total. The number of aromatic hydroxyl groups is 1. The van der Waals surface area contributed by atoms with Crippen LogP contribution in [0.3, 0.4) is 0 Å². The first kappa shape index (κ1) is 29.4. The number of aryl methyl sites for hydroxylation is 1. The van der Waals surface area contributed by atoms with Crippen molar-refractivity contribution in [1.82, 2.24) is 0 Å². The fourth-order valence-electron chi connectivity index (χ4n) is 6.18. The molecule has 2 bridgehead atoms. The summed E-state index contributed by atoms with van der Waals surface area (Å²) in [7, 11) is 0. The first-order valence-corrected chi connectivity index (χ1v) is 14.5. The van der Waals surface area contributed by atoms with Gasteiger partial charge in [-0.25, -0.2) is 4.79 Å². The van der Waals surface area contributed by atoms with Gasteiger partial charge >= 0.3 is 5.97 Å². The molecule has 39 heavy (non-hydrogen) atoms. The molecule has 5 heteroatoms. The van der Waals surface area contributed by atoms with E-state index >= 15 is 0 Å². The summed E-state index contributed by atoms with van der Waals surface area (Å²) in [5.74, 6) is -0.211. The van der Waals surface area contributed by atoms with Gasteiger partial charge in [-0.1, -0.05) is 49.8 Å². The minimum Gasteiger partial charge on any atom is -0.508 e. The van der Waals surface area contributed by atoms with Crippen LogP contribution < -0.4 is 0 Å². The van der Waals surface area contributed by atoms with Crippen LogP contribution in [-0.4, -0.2) is 35.2 Å². The monoisotopic (exact) mass is 534 g/mol. The number of phenolic OH excluding ortho intramolecular Hbond substituents is 1. The largest absolute Gasteiger partial charge is 0.508 e. The van der Waals surface area contributed by atoms with Crippen molar-refractivity contribution < 1.29 is 24.1 Å². The van der Waals surface area contributed by atoms with Gasteiger partial charge in [-0.15, -0.1) is 0 Å². The number of esters is 1. The standard InChI is InChI=1S/C34H46O5/c1-8-23(4)32-25(6)14-15-34(39-32)20-28-18-27(38-34)13-12-22(3)16-21(2)10-9-11-24(5)29-19-31(35)26(7)17-30(29)33(36)37-28/h8-12,17,19,21,25,27-28,32,35H,13-16,18,20H2,1-7H3. The topological polar surface area (TPSA) is 65.0 Å². The molecule has 2 fully saturated rings. The van der Waals surface area contributed by atoms with Crippen molar-refractivity contribution in [1.29, 1.82) is 0 Å². The van der Waals surface area contributed by atoms with E-state index in [1.54, 1.807) is 19.1 Å². The first-order chi connectivity index (χ1) is 18.5. The van der Waals surface area contributed by atoms with Crippen LogP contribution in [0.15, 0.2) is 53.7 Å². The van der Waals surface area contributed by atoms with Gasteiger partial charge in [0.2, 0.25) is 0 Å². The first-order valence-electron chi connectivity index (χ1n) is 14.5. The van der Waals surface area contributed by atoms with Gasteiger partial charge in [-0.2, -0.15) is 0 Å². The molecule has 5 nitrogen and oxygen atoms in total. The van der Waals surface area contributed by atoms with Crippen LogP contribution in [0.2, 0.25) is 0 Å². The lowest BCUT2D eigenvalue weighted by Gasteiger charge is -2.49. The Bertz CT molecular complexity index is 1190. The predicted molar refractivity (Wildman–Crippen MR) is 157 cm³/mol. The third-order valence-corrected chi connectivity index (χ3v) is 8.60. The van der Waals surface area contributed by atoms with Crippen LogP contribution >= 0.6 is 0 Å². The molecule has 212 valence electrons. The summed E-state index contributed by atoms with van der Waals surface area (Å²) in [5, 5.41) is 10.5. The quantitative estimate of drug-likeness (QED) is 0.290. The number of hydrogen-bond acceptors (Lipinski definition) is 5. The van der Waals surface area contributed by atoms with E-state index in [2.05, 4.69) is 45.9 Å². The highest BCUT2D eigenvalue weighted by Crippen LogP contribution is 2.44. The van der Waals surface area contributed by atoms with Crippen molar-refractivity contribution in [3.8, 4) is 5.75 Å². The van der Waals surface area contributed by atoms with Crippen LogP contribution in [-0.2, 0) is 14.2 Å². The molecule has 1 aromatic rings. The summed E-state index contributed by atoms with van der Waals surface area (Å²) in [4.78, 5) is 13.7. The number of benzene rings is 1. The maximum absolute atomic E-state index is 13.7. The lowest BCUT2D eigenvalue weighted by atomic mass is 9.84. The second-order valence-electron chi connectivity index (χ2n) is 12.1. The molecule has 0 aliphatic carbocycles. The van der Waals surface area contributed by atoms with E-state index < -0.39 is 5.79 Å². The average molecular weight is 535 g/mol. The van der Waals surface area contributed by atoms with Gasteiger partial charge < -0.3 is 19.3 Å². The fourth-order valence-corrected chi connectivity index (χ4v) is 6.18. The van der Waals surface area contributed by atoms with E-state index in [-0.39, 0.29) is 30.0 Å². The molecule has 1 spiro atoms. The van der Waals surface area contributed by atoms with E-state index in [1.165, 1.54) is 11.1 Å². The average Bonchev–Trinajstić information content (AvgIpc) is 2.89. The number of carbonyl (C=O) groups is 1. The molecule has 6 unspecified atom stereocenters. The molecule has 0 aromatic heterocycles. The molecule has 3 heterocycles. The molecule has 4 rings (SSSR count). The summed E-state index contributed by atoms with van der Waals surface area (Å²) in [6.45, 7) is 14.6. The lowest BCUT2D eigenvalue weighted by Crippen LogP contribution is -2.54. The lowest BCUT2D eigenvalue weighted by molar-refractivity contribution is -0.328. The molecular weight excluding hydrogens is 488 g/mol. The van der Waals surface area contributed by atoms with Crippen LogP contribution in [0.1, 0.15) is 102 Å². The summed E-state index contributed by atoms with van der Waals surface area (Å²) >= 11 is 0. The van der Waals surface area contributed by atoms with Gasteiger partial charge in [0.15, 0.2) is 5.79 Å². The SMILES string of the molecule is CC=C(C)C1OC2(CCC1C)CC1CC(CC=C(C)CC(C)C=CC=C(C)c3cc(O)c(C)cc3C(=O)O1)O2. The third kappa shape index (κ3) is 6.93. The Morgan fingerprint density at radius 3 is 2.62 bits per heavy atom. The van der Waals surface area contributed by atoms with Crippen molar-refractivity contribution in [3.63, 3.8) is 0 Å². The van der Waals surface area contributed by atoms with Crippen LogP contribution in [0.4, 0.5) is 0 Å². The van der Waals surface area contributed by atoms with Crippen molar-refractivity contribution in [2.24, 2.45) is 11.8 Å². The van der Waals surface area contributed by atoms with E-state index in [0.717, 1.165) is 31.3 Å². The predicted octanol–water partition coefficient (Wildman–Crippen LogP) is 8.22. The highest BCUT2D eigenvalue weighted by molar-refractivity contribution is 5.96. The molecule has 0 saturated carbocycles. The van der Waals surface area contributed by atoms with Crippen LogP contribution in [0.5, 0.6) is 5.75 Å². The highest BCUT2D eigenvalue weighted by atomic mass is 16.7. The number of allylic oxidation sites excluding steroid dienone is 6. The molecule has 1 aromatic carbocycles. The van der Waals surface area contributed by atoms with Crippen LogP contribution in [0.25, 0.3) is 5.57 Å². The van der Waals surface area contributed by atoms with E-state index in [9.17, 15) is 9.90 Å². The number of fused-ring (bicyclic) bond motifs is 3. The van der Waals surface area contributed by atoms with Gasteiger partial charge in [0.25, 0.3) is 0 Å². The zero-order valence-corrected chi connectivity index (χ0v) is 24.8. The van der Waals surface area contributed by atoms with E-state index in [4.69, 9.17) is 14.2 Å². The van der Waals surface area contributed by atoms with E-state index in [1.807, 2.05) is 26.0 Å². The number of phenols is 1. The molecule has 6 atom stereocenters. The second kappa shape index (κ2) is 12.3. The van der Waals surface area contributed by atoms with E-state index in [0.29, 0.717) is 41.4 Å². The molecule has 3 aliphatic heterocycles. The molecule has 2 saturated heterocycles. The van der Waals surface area contributed by atoms with Gasteiger partial charge in [0.05, 0.1) is 17.8 Å². The van der Waals surface area contributed by atoms with Crippen molar-refractivity contribution in [2.45, 2.75) is 111 Å². The zero-order valence-electron chi connectivity index (χ0n) is 24.8. The Kier molecular flexibility index (Phi) is 9.23. The number of rotatable bonds is 1. The van der Waals surface area contributed by atoms with Crippen molar-refractivity contribution >= 4 is 11.5 Å². The minimum atomic E-state index is -0.776. The number of ether oxygens (including phenoxy) is 3. The third-order valence-electron chi connectivity index (χ3n) is 8.60. The smallest absolute Gasteiger partial charge is 0.339 e. The Hall–Kier alpha value is -2.63. The van der Waals surface area contributed by atoms with Gasteiger partial charge in [-0.3, -0.25) is 0 Å². The maximum Gasteiger partial charge on any atom is 0.339 e. The highest BCUT2D eigenvalue weighted by Gasteiger charge is 2.48. The van der Waals surface area contributed by atoms with Crippen molar-refractivity contribution in [2.75, 3.05) is 0 Å². The van der Waals surface area contributed by atoms with Crippen molar-refractivity contribution in [3.05, 3.63) is 70.3 Å². The minimum absolute atomic E-state index is 0.0132. The van der Waals surface area contributed by atoms with Gasteiger partial charge in [-0.05, 0) is 100 Å². The Morgan fingerprint density at radius 1 is 1.10 bits per heavy atom. The maximum atomic E-state index is 13.7. The second-order valence-corrected chi connectivity index (χ2v) is 12.1. The Balaban J connectivity index is 1.73. The normalized spacial score (nSPS) is 32.7. The Labute approximate surface area is 234 Å². The zero-order chi connectivity index (χ0) is 28.3.